The molecule has 0 saturated carbocycles. The molecule has 0 N–H and O–H groups in total. The van der Waals surface area contributed by atoms with Crippen molar-refractivity contribution in [2.75, 3.05) is 0 Å². The monoisotopic (exact) mass is 136 g/mol. The van der Waals surface area contributed by atoms with Gasteiger partial charge in [0.1, 0.15) is 0 Å². The summed E-state index contributed by atoms with van der Waals surface area (Å²) in [4.78, 5) is 0. The smallest absolute Gasteiger partial charge is 0.0259 e. The lowest BCUT2D eigenvalue weighted by atomic mass is 9.86. The third kappa shape index (κ3) is 2.02. The van der Waals surface area contributed by atoms with Crippen LogP contribution in [0.25, 0.3) is 0 Å². The first kappa shape index (κ1) is 7.59. The number of rotatable bonds is 2. The van der Waals surface area contributed by atoms with Crippen molar-refractivity contribution in [1.82, 2.24) is 0 Å². The van der Waals surface area contributed by atoms with E-state index in [4.69, 9.17) is 0 Å². The Bertz CT molecular complexity index is 133. The van der Waals surface area contributed by atoms with Crippen LogP contribution in [-0.2, 0) is 0 Å². The molecule has 2 unspecified atom stereocenters. The third-order valence-corrected chi connectivity index (χ3v) is 2.14. The van der Waals surface area contributed by atoms with Crippen molar-refractivity contribution in [3.63, 3.8) is 0 Å². The quantitative estimate of drug-likeness (QED) is 0.511. The minimum absolute atomic E-state index is 0.790. The number of allylic oxidation sites excluding steroid dienone is 3. The van der Waals surface area contributed by atoms with Gasteiger partial charge in [-0.2, -0.15) is 0 Å². The van der Waals surface area contributed by atoms with Gasteiger partial charge in [0.25, 0.3) is 0 Å². The predicted molar refractivity (Wildman–Crippen MR) is 45.8 cm³/mol. The van der Waals surface area contributed by atoms with Gasteiger partial charge in [-0.3, -0.25) is 0 Å². The first-order valence-corrected chi connectivity index (χ1v) is 4.10. The lowest BCUT2D eigenvalue weighted by Gasteiger charge is -2.20. The van der Waals surface area contributed by atoms with Gasteiger partial charge in [-0.25, -0.2) is 0 Å². The molecule has 56 valence electrons. The van der Waals surface area contributed by atoms with E-state index in [0.717, 1.165) is 11.8 Å². The van der Waals surface area contributed by atoms with E-state index >= 15 is 0 Å². The zero-order valence-corrected chi connectivity index (χ0v) is 6.72. The van der Waals surface area contributed by atoms with Crippen molar-refractivity contribution in [3.05, 3.63) is 24.8 Å². The first-order chi connectivity index (χ1) is 4.83. The Morgan fingerprint density at radius 2 is 2.50 bits per heavy atom. The van der Waals surface area contributed by atoms with Crippen LogP contribution in [0, 0.1) is 11.8 Å². The average molecular weight is 136 g/mol. The zero-order chi connectivity index (χ0) is 7.40. The van der Waals surface area contributed by atoms with Crippen LogP contribution in [0.15, 0.2) is 24.8 Å². The molecule has 0 nitrogen and oxygen atoms in total. The zero-order valence-electron chi connectivity index (χ0n) is 6.72. The van der Waals surface area contributed by atoms with E-state index < -0.39 is 0 Å². The van der Waals surface area contributed by atoms with Crippen LogP contribution in [0.4, 0.5) is 0 Å². The highest BCUT2D eigenvalue weighted by Crippen LogP contribution is 2.25. The summed E-state index contributed by atoms with van der Waals surface area (Å²) in [6.45, 7) is 6.04. The van der Waals surface area contributed by atoms with E-state index in [0.29, 0.717) is 0 Å². The van der Waals surface area contributed by atoms with Gasteiger partial charge in [0.15, 0.2) is 0 Å². The van der Waals surface area contributed by atoms with E-state index in [2.05, 4.69) is 25.7 Å². The van der Waals surface area contributed by atoms with Crippen LogP contribution in [0.2, 0.25) is 0 Å². The van der Waals surface area contributed by atoms with Crippen molar-refractivity contribution in [2.45, 2.75) is 26.2 Å². The molecular formula is C10H16. The fraction of sp³-hybridized carbons (Fsp3) is 0.600. The second-order valence-corrected chi connectivity index (χ2v) is 3.27. The minimum atomic E-state index is 0.790. The Labute approximate surface area is 63.6 Å². The summed E-state index contributed by atoms with van der Waals surface area (Å²) in [5.74, 6) is 1.66. The lowest BCUT2D eigenvalue weighted by Crippen LogP contribution is -2.07. The van der Waals surface area contributed by atoms with Crippen LogP contribution >= 0.6 is 0 Å². The molecule has 10 heavy (non-hydrogen) atoms. The van der Waals surface area contributed by atoms with Crippen molar-refractivity contribution >= 4 is 0 Å². The average Bonchev–Trinajstić information content (AvgIpc) is 1.88. The van der Waals surface area contributed by atoms with Crippen LogP contribution < -0.4 is 0 Å². The predicted octanol–water partition coefficient (Wildman–Crippen LogP) is 3.16. The summed E-state index contributed by atoms with van der Waals surface area (Å²) in [7, 11) is 0. The molecule has 0 spiro atoms. The van der Waals surface area contributed by atoms with Gasteiger partial charge in [-0.15, -0.1) is 6.58 Å². The van der Waals surface area contributed by atoms with Crippen molar-refractivity contribution in [3.8, 4) is 0 Å². The molecular weight excluding hydrogens is 120 g/mol. The highest BCUT2D eigenvalue weighted by atomic mass is 14.2. The summed E-state index contributed by atoms with van der Waals surface area (Å²) in [5, 5.41) is 0. The molecule has 0 bridgehead atoms. The highest BCUT2D eigenvalue weighted by molar-refractivity contribution is 4.95. The van der Waals surface area contributed by atoms with Gasteiger partial charge in [0, 0.05) is 0 Å². The highest BCUT2D eigenvalue weighted by Gasteiger charge is 2.12. The van der Waals surface area contributed by atoms with E-state index in [1.54, 1.807) is 0 Å². The van der Waals surface area contributed by atoms with Gasteiger partial charge >= 0.3 is 0 Å². The molecule has 0 fully saturated rings. The summed E-state index contributed by atoms with van der Waals surface area (Å²) >= 11 is 0. The second kappa shape index (κ2) is 3.60. The third-order valence-electron chi connectivity index (χ3n) is 2.14. The SMILES string of the molecule is C=CCC1CC=CC(C)C1. The molecule has 1 aliphatic carbocycles. The molecule has 1 rings (SSSR count). The number of hydrogen-bond acceptors (Lipinski definition) is 0. The largest absolute Gasteiger partial charge is 0.103 e. The molecule has 0 heteroatoms. The Morgan fingerprint density at radius 1 is 1.70 bits per heavy atom. The van der Waals surface area contributed by atoms with Crippen LogP contribution in [0.1, 0.15) is 26.2 Å². The second-order valence-electron chi connectivity index (χ2n) is 3.27. The van der Waals surface area contributed by atoms with Crippen LogP contribution in [-0.4, -0.2) is 0 Å². The molecule has 0 heterocycles. The molecule has 0 aromatic heterocycles. The Balaban J connectivity index is 2.36. The molecule has 0 aromatic carbocycles. The van der Waals surface area contributed by atoms with Crippen LogP contribution in [0.5, 0.6) is 0 Å². The van der Waals surface area contributed by atoms with Gasteiger partial charge in [0.2, 0.25) is 0 Å². The summed E-state index contributed by atoms with van der Waals surface area (Å²) < 4.78 is 0. The molecule has 0 aromatic rings. The molecule has 0 saturated heterocycles. The molecule has 0 radical (unpaired) electrons. The molecule has 0 aliphatic heterocycles. The van der Waals surface area contributed by atoms with Gasteiger partial charge < -0.3 is 0 Å². The lowest BCUT2D eigenvalue weighted by molar-refractivity contribution is 0.420. The van der Waals surface area contributed by atoms with E-state index in [9.17, 15) is 0 Å². The Morgan fingerprint density at radius 3 is 3.10 bits per heavy atom. The van der Waals surface area contributed by atoms with Gasteiger partial charge in [-0.05, 0) is 31.1 Å². The fourth-order valence-corrected chi connectivity index (χ4v) is 1.63. The van der Waals surface area contributed by atoms with Gasteiger partial charge in [-0.1, -0.05) is 25.2 Å². The minimum Gasteiger partial charge on any atom is -0.103 e. The van der Waals surface area contributed by atoms with E-state index in [1.165, 1.54) is 19.3 Å². The van der Waals surface area contributed by atoms with E-state index in [1.807, 2.05) is 6.08 Å². The first-order valence-electron chi connectivity index (χ1n) is 4.10. The van der Waals surface area contributed by atoms with E-state index in [-0.39, 0.29) is 0 Å². The Kier molecular flexibility index (Phi) is 2.73. The summed E-state index contributed by atoms with van der Waals surface area (Å²) in [6, 6.07) is 0. The molecule has 2 atom stereocenters. The maximum atomic E-state index is 3.76. The number of hydrogen-bond donors (Lipinski definition) is 0. The summed E-state index contributed by atoms with van der Waals surface area (Å²) in [5.41, 5.74) is 0. The fourth-order valence-electron chi connectivity index (χ4n) is 1.63. The van der Waals surface area contributed by atoms with Crippen molar-refractivity contribution < 1.29 is 0 Å². The van der Waals surface area contributed by atoms with Gasteiger partial charge in [0.05, 0.1) is 0 Å². The molecule has 0 amide bonds. The van der Waals surface area contributed by atoms with Crippen molar-refractivity contribution in [2.24, 2.45) is 11.8 Å². The maximum Gasteiger partial charge on any atom is -0.0259 e. The van der Waals surface area contributed by atoms with Crippen molar-refractivity contribution in [1.29, 1.82) is 0 Å². The summed E-state index contributed by atoms with van der Waals surface area (Å²) in [6.07, 6.45) is 10.5. The Hall–Kier alpha value is -0.520. The normalized spacial score (nSPS) is 32.1. The standard InChI is InChI=1S/C10H16/c1-3-5-10-7-4-6-9(2)8-10/h3-4,6,9-10H,1,5,7-8H2,2H3. The molecule has 1 aliphatic rings. The maximum absolute atomic E-state index is 3.76. The topological polar surface area (TPSA) is 0 Å². The van der Waals surface area contributed by atoms with Crippen LogP contribution in [0.3, 0.4) is 0 Å².